The molecule has 0 aliphatic heterocycles. The lowest BCUT2D eigenvalue weighted by Crippen LogP contribution is -2.55. The van der Waals surface area contributed by atoms with E-state index in [2.05, 4.69) is 34.8 Å². The van der Waals surface area contributed by atoms with Gasteiger partial charge in [-0.15, -0.1) is 0 Å². The molecule has 7 nitrogen and oxygen atoms in total. The van der Waals surface area contributed by atoms with Crippen molar-refractivity contribution in [2.45, 2.75) is 64.2 Å². The third-order valence-corrected chi connectivity index (χ3v) is 6.26. The number of nitrogens with one attached hydrogen (secondary N) is 1. The fourth-order valence-electron chi connectivity index (χ4n) is 3.73. The number of carbonyl (C=O) groups is 2. The van der Waals surface area contributed by atoms with Gasteiger partial charge in [0.15, 0.2) is 0 Å². The van der Waals surface area contributed by atoms with Crippen molar-refractivity contribution in [1.82, 2.24) is 10.2 Å². The van der Waals surface area contributed by atoms with Crippen LogP contribution in [0.25, 0.3) is 0 Å². The van der Waals surface area contributed by atoms with E-state index in [1.54, 1.807) is 11.0 Å². The van der Waals surface area contributed by atoms with Crippen LogP contribution in [-0.2, 0) is 9.59 Å². The van der Waals surface area contributed by atoms with Gasteiger partial charge in [-0.05, 0) is 47.2 Å². The van der Waals surface area contributed by atoms with Crippen molar-refractivity contribution in [2.24, 2.45) is 0 Å². The van der Waals surface area contributed by atoms with Gasteiger partial charge in [0, 0.05) is 32.0 Å². The minimum absolute atomic E-state index is 0.134. The Morgan fingerprint density at radius 3 is 2.65 bits per heavy atom. The maximum atomic E-state index is 12.6. The summed E-state index contributed by atoms with van der Waals surface area (Å²) in [6.07, 6.45) is 4.15. The third-order valence-electron chi connectivity index (χ3n) is 5.37. The number of unbranched alkanes of at least 4 members (excludes halogenated alkanes) is 3. The Balaban J connectivity index is 2.28. The molecule has 2 rings (SSSR count). The Hall–Kier alpha value is -1.65. The van der Waals surface area contributed by atoms with E-state index < -0.39 is 18.2 Å². The number of nitrogens with zero attached hydrogens (tertiary/aromatic N) is 1. The molecule has 0 spiro atoms. The molecule has 1 aliphatic carbocycles. The lowest BCUT2D eigenvalue weighted by atomic mass is 9.88. The summed E-state index contributed by atoms with van der Waals surface area (Å²) in [6, 6.07) is 6.89. The summed E-state index contributed by atoms with van der Waals surface area (Å²) in [4.78, 5) is 26.7. The highest BCUT2D eigenvalue weighted by Gasteiger charge is 2.39. The van der Waals surface area contributed by atoms with E-state index in [9.17, 15) is 14.7 Å². The number of rotatable bonds is 11. The van der Waals surface area contributed by atoms with Crippen LogP contribution >= 0.6 is 22.6 Å². The van der Waals surface area contributed by atoms with Crippen molar-refractivity contribution >= 4 is 34.4 Å². The second-order valence-corrected chi connectivity index (χ2v) is 8.88. The highest BCUT2D eigenvalue weighted by molar-refractivity contribution is 14.1. The molecule has 0 fully saturated rings. The van der Waals surface area contributed by atoms with E-state index in [4.69, 9.17) is 9.84 Å². The number of aliphatic hydroxyl groups excluding tert-OH is 2. The summed E-state index contributed by atoms with van der Waals surface area (Å²) in [7, 11) is 0. The number of benzene rings is 1. The molecule has 0 aromatic heterocycles. The number of hydrogen-bond donors (Lipinski definition) is 3. The van der Waals surface area contributed by atoms with E-state index >= 15 is 0 Å². The van der Waals surface area contributed by atoms with Gasteiger partial charge in [0.2, 0.25) is 11.8 Å². The second kappa shape index (κ2) is 13.0. The number of para-hydroxylation sites is 1. The molecular formula is C23H33IN2O5. The Kier molecular flexibility index (Phi) is 10.8. The normalized spacial score (nSPS) is 20.7. The molecule has 2 amide bonds. The molecule has 8 heteroatoms. The average Bonchev–Trinajstić information content (AvgIpc) is 2.75. The van der Waals surface area contributed by atoms with Crippen LogP contribution in [0.2, 0.25) is 0 Å². The molecule has 172 valence electrons. The highest BCUT2D eigenvalue weighted by Crippen LogP contribution is 2.29. The van der Waals surface area contributed by atoms with Gasteiger partial charge in [0.1, 0.15) is 18.0 Å². The average molecular weight is 544 g/mol. The number of hydrogen-bond acceptors (Lipinski definition) is 5. The number of halogens is 1. The first-order valence-corrected chi connectivity index (χ1v) is 11.9. The number of aliphatic hydroxyl groups is 2. The zero-order valence-electron chi connectivity index (χ0n) is 18.2. The van der Waals surface area contributed by atoms with Gasteiger partial charge in [-0.3, -0.25) is 9.59 Å². The Bertz CT molecular complexity index is 770. The van der Waals surface area contributed by atoms with Crippen LogP contribution in [0.5, 0.6) is 5.75 Å². The summed E-state index contributed by atoms with van der Waals surface area (Å²) in [6.45, 7) is 4.12. The van der Waals surface area contributed by atoms with Crippen molar-refractivity contribution in [1.29, 1.82) is 0 Å². The van der Waals surface area contributed by atoms with Gasteiger partial charge in [0.05, 0.1) is 16.2 Å². The zero-order valence-corrected chi connectivity index (χ0v) is 20.4. The summed E-state index contributed by atoms with van der Waals surface area (Å²) >= 11 is 2.16. The maximum absolute atomic E-state index is 12.6. The summed E-state index contributed by atoms with van der Waals surface area (Å²) in [5, 5.41) is 22.8. The molecule has 0 unspecified atom stereocenters. The van der Waals surface area contributed by atoms with Crippen LogP contribution in [-0.4, -0.2) is 64.9 Å². The maximum Gasteiger partial charge on any atom is 0.247 e. The van der Waals surface area contributed by atoms with Crippen molar-refractivity contribution in [2.75, 3.05) is 19.7 Å². The van der Waals surface area contributed by atoms with Crippen LogP contribution in [0.3, 0.4) is 0 Å². The first-order chi connectivity index (χ1) is 14.9. The predicted octanol–water partition coefficient (Wildman–Crippen LogP) is 2.64. The minimum Gasteiger partial charge on any atom is -0.482 e. The van der Waals surface area contributed by atoms with Crippen molar-refractivity contribution < 1.29 is 24.5 Å². The van der Waals surface area contributed by atoms with Crippen molar-refractivity contribution in [3.8, 4) is 5.75 Å². The smallest absolute Gasteiger partial charge is 0.247 e. The van der Waals surface area contributed by atoms with Gasteiger partial charge >= 0.3 is 0 Å². The van der Waals surface area contributed by atoms with Crippen LogP contribution in [0.15, 0.2) is 35.9 Å². The lowest BCUT2D eigenvalue weighted by molar-refractivity contribution is -0.136. The van der Waals surface area contributed by atoms with Gasteiger partial charge in [-0.25, -0.2) is 0 Å². The monoisotopic (exact) mass is 544 g/mol. The molecule has 0 saturated heterocycles. The highest BCUT2D eigenvalue weighted by atomic mass is 127. The summed E-state index contributed by atoms with van der Waals surface area (Å²) in [5.74, 6) is 0.152. The number of carbonyl (C=O) groups excluding carboxylic acids is 2. The zero-order chi connectivity index (χ0) is 22.8. The number of ether oxygens (including phenoxy) is 1. The fraction of sp³-hybridized carbons (Fsp3) is 0.565. The molecule has 3 N–H and O–H groups in total. The van der Waals surface area contributed by atoms with Gasteiger partial charge in [0.25, 0.3) is 0 Å². The molecule has 1 aromatic carbocycles. The van der Waals surface area contributed by atoms with Crippen LogP contribution in [0.4, 0.5) is 0 Å². The molecule has 3 atom stereocenters. The fourth-order valence-corrected chi connectivity index (χ4v) is 4.25. The lowest BCUT2D eigenvalue weighted by Gasteiger charge is -2.40. The number of amides is 2. The first-order valence-electron chi connectivity index (χ1n) is 10.8. The molecule has 1 aliphatic rings. The third kappa shape index (κ3) is 7.47. The second-order valence-electron chi connectivity index (χ2n) is 7.72. The van der Waals surface area contributed by atoms with E-state index in [0.29, 0.717) is 17.9 Å². The Morgan fingerprint density at radius 1 is 1.26 bits per heavy atom. The van der Waals surface area contributed by atoms with E-state index in [0.717, 1.165) is 29.3 Å². The Labute approximate surface area is 198 Å². The van der Waals surface area contributed by atoms with E-state index in [1.807, 2.05) is 24.3 Å². The van der Waals surface area contributed by atoms with Gasteiger partial charge in [-0.2, -0.15) is 0 Å². The van der Waals surface area contributed by atoms with Crippen molar-refractivity contribution in [3.05, 3.63) is 39.5 Å². The molecule has 0 saturated carbocycles. The first kappa shape index (κ1) is 25.6. The van der Waals surface area contributed by atoms with E-state index in [-0.39, 0.29) is 31.4 Å². The molecule has 31 heavy (non-hydrogen) atoms. The quantitative estimate of drug-likeness (QED) is 0.294. The van der Waals surface area contributed by atoms with Crippen LogP contribution in [0.1, 0.15) is 46.0 Å². The summed E-state index contributed by atoms with van der Waals surface area (Å²) < 4.78 is 6.97. The summed E-state index contributed by atoms with van der Waals surface area (Å²) in [5.41, 5.74) is 0.444. The topological polar surface area (TPSA) is 99.1 Å². The Morgan fingerprint density at radius 2 is 2.00 bits per heavy atom. The van der Waals surface area contributed by atoms with Crippen LogP contribution in [0, 0.1) is 3.57 Å². The molecule has 0 bridgehead atoms. The van der Waals surface area contributed by atoms with Gasteiger partial charge in [-0.1, -0.05) is 38.3 Å². The minimum atomic E-state index is -0.972. The largest absolute Gasteiger partial charge is 0.482 e. The predicted molar refractivity (Wildman–Crippen MR) is 128 cm³/mol. The standard InChI is InChI=1S/C23H33IN2O5/c1-3-4-5-8-12-26(16(2)28)19-14-17(23(30)25-11-13-27)15-21(22(19)29)31-20-10-7-6-9-18(20)24/h6-7,9-10,15,19,21-22,27,29H,3-5,8,11-14H2,1-2H3,(H,25,30)/t19-,21+,22+/m1/s1. The SMILES string of the molecule is CCCCCCN(C(C)=O)[C@@H]1CC(C(=O)NCCO)=C[C@H](Oc2ccccc2I)[C@H]1O. The van der Waals surface area contributed by atoms with Gasteiger partial charge < -0.3 is 25.2 Å². The molecule has 1 aromatic rings. The molecule has 0 radical (unpaired) electrons. The van der Waals surface area contributed by atoms with Crippen LogP contribution < -0.4 is 10.1 Å². The van der Waals surface area contributed by atoms with E-state index in [1.165, 1.54) is 6.92 Å². The molecule has 0 heterocycles. The van der Waals surface area contributed by atoms with Crippen molar-refractivity contribution in [3.63, 3.8) is 0 Å². The molecular weight excluding hydrogens is 511 g/mol.